The van der Waals surface area contributed by atoms with Crippen molar-refractivity contribution in [3.8, 4) is 0 Å². The predicted molar refractivity (Wildman–Crippen MR) is 63.5 cm³/mol. The predicted octanol–water partition coefficient (Wildman–Crippen LogP) is 0.0191. The minimum atomic E-state index is -0.888. The van der Waals surface area contributed by atoms with E-state index in [1.165, 1.54) is 0 Å². The third-order valence-electron chi connectivity index (χ3n) is 2.34. The lowest BCUT2D eigenvalue weighted by atomic mass is 10.1. The topological polar surface area (TPSA) is 89.3 Å². The third kappa shape index (κ3) is 2.38. The summed E-state index contributed by atoms with van der Waals surface area (Å²) in [6.07, 6.45) is 5.69. The van der Waals surface area contributed by atoms with E-state index in [-0.39, 0.29) is 0 Å². The second-order valence-corrected chi connectivity index (χ2v) is 3.94. The van der Waals surface area contributed by atoms with Crippen LogP contribution in [0.25, 0.3) is 0 Å². The molecule has 5 heteroatoms. The molecular weight excluding hydrogens is 202 g/mol. The van der Waals surface area contributed by atoms with E-state index in [0.29, 0.717) is 12.3 Å². The highest BCUT2D eigenvalue weighted by molar-refractivity contribution is 5.92. The molecule has 1 aromatic rings. The number of nitrogens with one attached hydrogen (secondary N) is 1. The zero-order valence-electron chi connectivity index (χ0n) is 9.14. The molecule has 5 N–H and O–H groups in total. The molecule has 16 heavy (non-hydrogen) atoms. The molecule has 0 radical (unpaired) electrons. The van der Waals surface area contributed by atoms with E-state index in [4.69, 9.17) is 11.5 Å². The van der Waals surface area contributed by atoms with Gasteiger partial charge in [-0.25, -0.2) is 4.99 Å². The molecule has 5 nitrogen and oxygen atoms in total. The molecule has 1 unspecified atom stereocenters. The number of nitrogens with zero attached hydrogens (tertiary/aromatic N) is 2. The van der Waals surface area contributed by atoms with E-state index in [1.807, 2.05) is 25.3 Å². The lowest BCUT2D eigenvalue weighted by Gasteiger charge is -2.27. The highest BCUT2D eigenvalue weighted by Crippen LogP contribution is 2.11. The third-order valence-corrected chi connectivity index (χ3v) is 2.34. The smallest absolute Gasteiger partial charge is 0.189 e. The zero-order chi connectivity index (χ0) is 11.6. The Balaban J connectivity index is 2.15. The van der Waals surface area contributed by atoms with Crippen LogP contribution in [0.15, 0.2) is 35.6 Å². The van der Waals surface area contributed by atoms with Crippen molar-refractivity contribution in [2.75, 3.05) is 0 Å². The van der Waals surface area contributed by atoms with Crippen LogP contribution in [0, 0.1) is 6.92 Å². The lowest BCUT2D eigenvalue weighted by Crippen LogP contribution is -2.54. The van der Waals surface area contributed by atoms with Gasteiger partial charge >= 0.3 is 0 Å². The van der Waals surface area contributed by atoms with Crippen molar-refractivity contribution in [3.63, 3.8) is 0 Å². The standard InChI is InChI=1S/C11H15N5/c1-8-2-3-9(14-7-8)6-11(13)15-5-4-10(12)16-11/h2-5,7,15H,6,13H2,1H3,(H2,12,16). The molecule has 1 aliphatic heterocycles. The van der Waals surface area contributed by atoms with Gasteiger partial charge < -0.3 is 11.1 Å². The van der Waals surface area contributed by atoms with Gasteiger partial charge in [-0.2, -0.15) is 0 Å². The van der Waals surface area contributed by atoms with Crippen molar-refractivity contribution in [3.05, 3.63) is 41.9 Å². The highest BCUT2D eigenvalue weighted by atomic mass is 15.3. The second kappa shape index (κ2) is 3.94. The number of aliphatic imine (C=N–C) groups is 1. The number of aromatic nitrogens is 1. The Morgan fingerprint density at radius 1 is 1.44 bits per heavy atom. The van der Waals surface area contributed by atoms with Gasteiger partial charge in [0.1, 0.15) is 5.84 Å². The maximum atomic E-state index is 6.05. The summed E-state index contributed by atoms with van der Waals surface area (Å²) in [6.45, 7) is 1.99. The monoisotopic (exact) mass is 217 g/mol. The van der Waals surface area contributed by atoms with E-state index in [9.17, 15) is 0 Å². The normalized spacial score (nSPS) is 23.8. The number of aryl methyl sites for hydroxylation is 1. The van der Waals surface area contributed by atoms with Crippen LogP contribution in [0.3, 0.4) is 0 Å². The average Bonchev–Trinajstić information content (AvgIpc) is 2.21. The van der Waals surface area contributed by atoms with Gasteiger partial charge in [0.25, 0.3) is 0 Å². The summed E-state index contributed by atoms with van der Waals surface area (Å²) in [5.41, 5.74) is 13.7. The van der Waals surface area contributed by atoms with Crippen LogP contribution in [-0.4, -0.2) is 16.6 Å². The second-order valence-electron chi connectivity index (χ2n) is 3.94. The Hall–Kier alpha value is -1.88. The maximum absolute atomic E-state index is 6.05. The van der Waals surface area contributed by atoms with Crippen LogP contribution < -0.4 is 16.8 Å². The van der Waals surface area contributed by atoms with E-state index < -0.39 is 5.79 Å². The summed E-state index contributed by atoms with van der Waals surface area (Å²) >= 11 is 0. The molecule has 0 saturated heterocycles. The van der Waals surface area contributed by atoms with Crippen LogP contribution >= 0.6 is 0 Å². The Morgan fingerprint density at radius 2 is 2.25 bits per heavy atom. The fourth-order valence-electron chi connectivity index (χ4n) is 1.54. The van der Waals surface area contributed by atoms with Gasteiger partial charge in [-0.3, -0.25) is 10.7 Å². The van der Waals surface area contributed by atoms with Crippen molar-refractivity contribution >= 4 is 5.84 Å². The van der Waals surface area contributed by atoms with Gasteiger partial charge in [0.2, 0.25) is 0 Å². The fraction of sp³-hybridized carbons (Fsp3) is 0.273. The zero-order valence-corrected chi connectivity index (χ0v) is 9.14. The molecule has 1 aromatic heterocycles. The molecule has 0 fully saturated rings. The Bertz CT molecular complexity index is 434. The molecule has 84 valence electrons. The molecule has 2 rings (SSSR count). The Kier molecular flexibility index (Phi) is 2.62. The Morgan fingerprint density at radius 3 is 2.88 bits per heavy atom. The van der Waals surface area contributed by atoms with Crippen LogP contribution in [0.2, 0.25) is 0 Å². The van der Waals surface area contributed by atoms with Gasteiger partial charge in [0, 0.05) is 24.5 Å². The summed E-state index contributed by atoms with van der Waals surface area (Å²) < 4.78 is 0. The molecule has 0 aliphatic carbocycles. The quantitative estimate of drug-likeness (QED) is 0.651. The first-order valence-electron chi connectivity index (χ1n) is 5.07. The van der Waals surface area contributed by atoms with E-state index in [1.54, 1.807) is 12.3 Å². The number of hydrogen-bond acceptors (Lipinski definition) is 5. The van der Waals surface area contributed by atoms with Crippen molar-refractivity contribution < 1.29 is 0 Å². The van der Waals surface area contributed by atoms with E-state index >= 15 is 0 Å². The van der Waals surface area contributed by atoms with Crippen molar-refractivity contribution in [2.45, 2.75) is 19.1 Å². The molecule has 0 amide bonds. The Labute approximate surface area is 94.3 Å². The molecular formula is C11H15N5. The molecule has 1 atom stereocenters. The average molecular weight is 217 g/mol. The number of hydrogen-bond donors (Lipinski definition) is 3. The molecule has 0 aromatic carbocycles. The fourth-order valence-corrected chi connectivity index (χ4v) is 1.54. The molecule has 1 aliphatic rings. The summed E-state index contributed by atoms with van der Waals surface area (Å²) in [5.74, 6) is -0.463. The number of rotatable bonds is 2. The lowest BCUT2D eigenvalue weighted by molar-refractivity contribution is 0.386. The minimum Gasteiger partial charge on any atom is -0.384 e. The number of pyridine rings is 1. The SMILES string of the molecule is Cc1ccc(CC2(N)N=C(N)C=CN2)nc1. The first-order valence-corrected chi connectivity index (χ1v) is 5.07. The van der Waals surface area contributed by atoms with Gasteiger partial charge in [0.05, 0.1) is 0 Å². The first-order chi connectivity index (χ1) is 7.57. The van der Waals surface area contributed by atoms with Gasteiger partial charge in [-0.1, -0.05) is 6.07 Å². The van der Waals surface area contributed by atoms with Gasteiger partial charge in [0.15, 0.2) is 5.79 Å². The van der Waals surface area contributed by atoms with Gasteiger partial charge in [-0.05, 0) is 24.6 Å². The summed E-state index contributed by atoms with van der Waals surface area (Å²) in [6, 6.07) is 3.94. The highest BCUT2D eigenvalue weighted by Gasteiger charge is 2.25. The largest absolute Gasteiger partial charge is 0.384 e. The molecule has 2 heterocycles. The molecule has 0 bridgehead atoms. The number of nitrogens with two attached hydrogens (primary N) is 2. The summed E-state index contributed by atoms with van der Waals surface area (Å²) in [7, 11) is 0. The summed E-state index contributed by atoms with van der Waals surface area (Å²) in [5, 5.41) is 2.98. The number of amidine groups is 1. The molecule has 0 spiro atoms. The van der Waals surface area contributed by atoms with E-state index in [0.717, 1.165) is 11.3 Å². The van der Waals surface area contributed by atoms with Crippen LogP contribution in [0.5, 0.6) is 0 Å². The summed E-state index contributed by atoms with van der Waals surface area (Å²) in [4.78, 5) is 8.45. The van der Waals surface area contributed by atoms with Crippen molar-refractivity contribution in [1.82, 2.24) is 10.3 Å². The van der Waals surface area contributed by atoms with Crippen LogP contribution in [-0.2, 0) is 6.42 Å². The van der Waals surface area contributed by atoms with Crippen molar-refractivity contribution in [1.29, 1.82) is 0 Å². The first kappa shape index (κ1) is 10.6. The van der Waals surface area contributed by atoms with E-state index in [2.05, 4.69) is 15.3 Å². The molecule has 0 saturated carbocycles. The van der Waals surface area contributed by atoms with Gasteiger partial charge in [-0.15, -0.1) is 0 Å². The van der Waals surface area contributed by atoms with Crippen LogP contribution in [0.4, 0.5) is 0 Å². The van der Waals surface area contributed by atoms with Crippen molar-refractivity contribution in [2.24, 2.45) is 16.5 Å². The minimum absolute atomic E-state index is 0.424. The van der Waals surface area contributed by atoms with Crippen LogP contribution in [0.1, 0.15) is 11.3 Å². The maximum Gasteiger partial charge on any atom is 0.189 e.